The fourth-order valence-electron chi connectivity index (χ4n) is 4.51. The number of ketones is 2. The average molecular weight is 410 g/mol. The zero-order valence-electron chi connectivity index (χ0n) is 11.4. The van der Waals surface area contributed by atoms with E-state index in [1.807, 2.05) is 0 Å². The number of rotatable bonds is 2. The molecule has 0 aromatic rings. The molecule has 0 amide bonds. The summed E-state index contributed by atoms with van der Waals surface area (Å²) in [6, 6.07) is 0. The van der Waals surface area contributed by atoms with Crippen LogP contribution in [0.5, 0.6) is 0 Å². The van der Waals surface area contributed by atoms with Crippen molar-refractivity contribution in [3.05, 3.63) is 0 Å². The number of alkyl halides is 2. The second-order valence-corrected chi connectivity index (χ2v) is 8.20. The van der Waals surface area contributed by atoms with Crippen molar-refractivity contribution < 1.29 is 19.1 Å². The molecule has 0 aromatic carbocycles. The molecule has 0 bridgehead atoms. The van der Waals surface area contributed by atoms with Crippen LogP contribution in [0.4, 0.5) is 0 Å². The number of carbonyl (C=O) groups excluding carboxylic acids is 2. The highest BCUT2D eigenvalue weighted by Crippen LogP contribution is 2.53. The first-order valence-corrected chi connectivity index (χ1v) is 8.75. The standard InChI is InChI=1S/C14H18Br2O4/c1-19-13-5-3-7(15)12(18)10(5)14(20-2)6-4-8(16)11(17)9(6)13/h5-10,13-14H,3-4H2,1-2H3. The van der Waals surface area contributed by atoms with E-state index in [1.54, 1.807) is 14.2 Å². The predicted molar refractivity (Wildman–Crippen MR) is 80.2 cm³/mol. The fraction of sp³-hybridized carbons (Fsp3) is 0.857. The zero-order chi connectivity index (χ0) is 14.6. The maximum atomic E-state index is 12.4. The number of hydrogen-bond acceptors (Lipinski definition) is 4. The van der Waals surface area contributed by atoms with Crippen molar-refractivity contribution in [2.45, 2.75) is 34.7 Å². The Morgan fingerprint density at radius 2 is 1.20 bits per heavy atom. The van der Waals surface area contributed by atoms with Crippen molar-refractivity contribution in [2.75, 3.05) is 14.2 Å². The van der Waals surface area contributed by atoms with Gasteiger partial charge in [-0.25, -0.2) is 0 Å². The van der Waals surface area contributed by atoms with Gasteiger partial charge < -0.3 is 9.47 Å². The molecule has 3 saturated carbocycles. The molecule has 4 nitrogen and oxygen atoms in total. The maximum Gasteiger partial charge on any atom is 0.152 e. The van der Waals surface area contributed by atoms with Gasteiger partial charge in [0.25, 0.3) is 0 Å². The normalized spacial score (nSPS) is 51.2. The topological polar surface area (TPSA) is 52.6 Å². The van der Waals surface area contributed by atoms with Crippen LogP contribution in [-0.2, 0) is 19.1 Å². The number of methoxy groups -OCH3 is 2. The number of fused-ring (bicyclic) bond motifs is 2. The van der Waals surface area contributed by atoms with Crippen LogP contribution in [0, 0.1) is 23.7 Å². The van der Waals surface area contributed by atoms with Crippen LogP contribution in [-0.4, -0.2) is 47.6 Å². The molecule has 6 heteroatoms. The molecule has 3 rings (SSSR count). The van der Waals surface area contributed by atoms with Crippen molar-refractivity contribution >= 4 is 43.4 Å². The Labute approximate surface area is 135 Å². The summed E-state index contributed by atoms with van der Waals surface area (Å²) in [5.41, 5.74) is 0. The minimum atomic E-state index is -0.169. The van der Waals surface area contributed by atoms with Crippen molar-refractivity contribution in [1.29, 1.82) is 0 Å². The van der Waals surface area contributed by atoms with Crippen molar-refractivity contribution in [2.24, 2.45) is 23.7 Å². The summed E-state index contributed by atoms with van der Waals surface area (Å²) >= 11 is 6.92. The summed E-state index contributed by atoms with van der Waals surface area (Å²) in [5, 5.41) is 0. The Morgan fingerprint density at radius 1 is 0.850 bits per heavy atom. The van der Waals surface area contributed by atoms with Crippen LogP contribution in [0.15, 0.2) is 0 Å². The summed E-state index contributed by atoms with van der Waals surface area (Å²) in [5.74, 6) is 0.248. The summed E-state index contributed by atoms with van der Waals surface area (Å²) in [6.45, 7) is 0. The van der Waals surface area contributed by atoms with Gasteiger partial charge in [0, 0.05) is 14.2 Å². The van der Waals surface area contributed by atoms with E-state index in [0.717, 1.165) is 12.8 Å². The minimum Gasteiger partial charge on any atom is -0.380 e. The molecule has 0 N–H and O–H groups in total. The first kappa shape index (κ1) is 15.1. The molecule has 0 heterocycles. The molecule has 0 saturated heterocycles. The van der Waals surface area contributed by atoms with Crippen LogP contribution in [0.25, 0.3) is 0 Å². The van der Waals surface area contributed by atoms with E-state index in [-0.39, 0.29) is 57.1 Å². The van der Waals surface area contributed by atoms with E-state index < -0.39 is 0 Å². The predicted octanol–water partition coefficient (Wildman–Crippen LogP) is 1.97. The maximum absolute atomic E-state index is 12.4. The SMILES string of the molecule is COC1C2CC(Br)C(=O)C2C(OC)C2CC(Br)C(=O)C21. The average Bonchev–Trinajstić information content (AvgIpc) is 2.88. The molecule has 0 spiro atoms. The number of halogens is 2. The molecule has 0 radical (unpaired) electrons. The lowest BCUT2D eigenvalue weighted by atomic mass is 9.66. The molecule has 8 unspecified atom stereocenters. The van der Waals surface area contributed by atoms with Crippen LogP contribution in [0.3, 0.4) is 0 Å². The van der Waals surface area contributed by atoms with Gasteiger partial charge in [0.05, 0.1) is 33.7 Å². The third-order valence-corrected chi connectivity index (χ3v) is 6.90. The summed E-state index contributed by atoms with van der Waals surface area (Å²) in [7, 11) is 3.29. The van der Waals surface area contributed by atoms with Gasteiger partial charge in [0.2, 0.25) is 0 Å². The van der Waals surface area contributed by atoms with Gasteiger partial charge >= 0.3 is 0 Å². The summed E-state index contributed by atoms with van der Waals surface area (Å²) < 4.78 is 11.3. The van der Waals surface area contributed by atoms with Gasteiger partial charge in [0.15, 0.2) is 11.6 Å². The monoisotopic (exact) mass is 408 g/mol. The lowest BCUT2D eigenvalue weighted by Crippen LogP contribution is -2.53. The van der Waals surface area contributed by atoms with Crippen LogP contribution >= 0.6 is 31.9 Å². The van der Waals surface area contributed by atoms with Crippen molar-refractivity contribution in [3.8, 4) is 0 Å². The largest absolute Gasteiger partial charge is 0.380 e. The molecule has 3 fully saturated rings. The van der Waals surface area contributed by atoms with Crippen LogP contribution < -0.4 is 0 Å². The Balaban J connectivity index is 2.01. The third-order valence-electron chi connectivity index (χ3n) is 5.25. The Hall–Kier alpha value is 0.220. The number of hydrogen-bond donors (Lipinski definition) is 0. The van der Waals surface area contributed by atoms with Gasteiger partial charge in [-0.2, -0.15) is 0 Å². The van der Waals surface area contributed by atoms with E-state index in [2.05, 4.69) is 31.9 Å². The molecular weight excluding hydrogens is 392 g/mol. The molecule has 3 aliphatic rings. The third kappa shape index (κ3) is 1.98. The molecule has 20 heavy (non-hydrogen) atoms. The highest BCUT2D eigenvalue weighted by atomic mass is 79.9. The van der Waals surface area contributed by atoms with Crippen molar-refractivity contribution in [1.82, 2.24) is 0 Å². The second kappa shape index (κ2) is 5.45. The quantitative estimate of drug-likeness (QED) is 0.654. The first-order chi connectivity index (χ1) is 9.51. The molecular formula is C14H18Br2O4. The smallest absolute Gasteiger partial charge is 0.152 e. The first-order valence-electron chi connectivity index (χ1n) is 6.92. The lowest BCUT2D eigenvalue weighted by molar-refractivity contribution is -0.154. The second-order valence-electron chi connectivity index (χ2n) is 5.99. The molecule has 112 valence electrons. The lowest BCUT2D eigenvalue weighted by Gasteiger charge is -2.44. The van der Waals surface area contributed by atoms with E-state index in [1.165, 1.54) is 0 Å². The van der Waals surface area contributed by atoms with E-state index in [4.69, 9.17) is 9.47 Å². The van der Waals surface area contributed by atoms with Gasteiger partial charge in [-0.3, -0.25) is 9.59 Å². The highest BCUT2D eigenvalue weighted by molar-refractivity contribution is 9.10. The number of carbonyl (C=O) groups is 2. The molecule has 3 aliphatic carbocycles. The molecule has 0 aliphatic heterocycles. The van der Waals surface area contributed by atoms with Gasteiger partial charge in [-0.15, -0.1) is 0 Å². The van der Waals surface area contributed by atoms with Crippen LogP contribution in [0.2, 0.25) is 0 Å². The molecule has 0 aromatic heterocycles. The van der Waals surface area contributed by atoms with Gasteiger partial charge in [-0.05, 0) is 24.7 Å². The molecule has 8 atom stereocenters. The Kier molecular flexibility index (Phi) is 4.12. The van der Waals surface area contributed by atoms with Gasteiger partial charge in [-0.1, -0.05) is 31.9 Å². The van der Waals surface area contributed by atoms with E-state index >= 15 is 0 Å². The fourth-order valence-corrected chi connectivity index (χ4v) is 5.98. The van der Waals surface area contributed by atoms with E-state index in [9.17, 15) is 9.59 Å². The van der Waals surface area contributed by atoms with Crippen molar-refractivity contribution in [3.63, 3.8) is 0 Å². The minimum absolute atomic E-state index is 0.0739. The Morgan fingerprint density at radius 3 is 1.50 bits per heavy atom. The summed E-state index contributed by atoms with van der Waals surface area (Å²) in [4.78, 5) is 24.6. The summed E-state index contributed by atoms with van der Waals surface area (Å²) in [6.07, 6.45) is 1.12. The number of Topliss-reactive ketones (excluding diaryl/α,β-unsaturated/α-hetero) is 2. The van der Waals surface area contributed by atoms with E-state index in [0.29, 0.717) is 0 Å². The Bertz CT molecular complexity index is 393. The highest BCUT2D eigenvalue weighted by Gasteiger charge is 2.62. The van der Waals surface area contributed by atoms with Gasteiger partial charge in [0.1, 0.15) is 0 Å². The van der Waals surface area contributed by atoms with Crippen LogP contribution in [0.1, 0.15) is 12.8 Å². The zero-order valence-corrected chi connectivity index (χ0v) is 14.6. The number of ether oxygens (including phenoxy) is 2.